The highest BCUT2D eigenvalue weighted by atomic mass is 35.5. The molecule has 71 heavy (non-hydrogen) atoms. The number of rotatable bonds is 18. The van der Waals surface area contributed by atoms with Crippen LogP contribution in [0.1, 0.15) is 25.0 Å². The molecule has 0 aliphatic rings. The Morgan fingerprint density at radius 1 is 0.535 bits per heavy atom. The number of benzene rings is 6. The third-order valence-electron chi connectivity index (χ3n) is 11.3. The van der Waals surface area contributed by atoms with Gasteiger partial charge in [-0.25, -0.2) is 9.97 Å². The number of thiazole rings is 2. The minimum atomic E-state index is -5.89. The number of aromatic nitrogens is 2. The van der Waals surface area contributed by atoms with Gasteiger partial charge in [-0.05, 0) is 134 Å². The van der Waals surface area contributed by atoms with Crippen molar-refractivity contribution in [2.45, 2.75) is 31.6 Å². The summed E-state index contributed by atoms with van der Waals surface area (Å²) in [6.07, 6.45) is -11.8. The van der Waals surface area contributed by atoms with Gasteiger partial charge in [-0.15, -0.1) is 20.5 Å². The molecule has 0 fully saturated rings. The molecule has 8 rings (SSSR count). The largest absolute Gasteiger partial charge is 0.490 e. The van der Waals surface area contributed by atoms with Crippen molar-refractivity contribution >= 4 is 111 Å². The van der Waals surface area contributed by atoms with E-state index in [1.165, 1.54) is 22.7 Å². The fourth-order valence-electron chi connectivity index (χ4n) is 7.80. The first-order valence-corrected chi connectivity index (χ1v) is 24.2. The SMILES string of the molecule is CCN(CCOc1ccc(C(c2ccc(OCCN(CC)c3ccc(N=Nc4nc5ccc(Cl)cc5s4)cc3)c(N)c2)(C(F)(F)F)C(F)(F)F)cc1N)c1ccc(N=Nc2nc3ccc(Cl)cc3s2)cc1. The number of likely N-dealkylation sites (N-methyl/N-ethyl adjacent to an activating group) is 2. The zero-order chi connectivity index (χ0) is 50.5. The molecule has 368 valence electrons. The van der Waals surface area contributed by atoms with Crippen LogP contribution in [-0.4, -0.2) is 61.7 Å². The van der Waals surface area contributed by atoms with Crippen LogP contribution < -0.4 is 30.7 Å². The molecule has 12 nitrogen and oxygen atoms in total. The Morgan fingerprint density at radius 3 is 1.28 bits per heavy atom. The maximum absolute atomic E-state index is 15.2. The van der Waals surface area contributed by atoms with Gasteiger partial charge in [0.15, 0.2) is 0 Å². The summed E-state index contributed by atoms with van der Waals surface area (Å²) >= 11 is 14.9. The van der Waals surface area contributed by atoms with Crippen molar-refractivity contribution in [3.05, 3.63) is 142 Å². The highest BCUT2D eigenvalue weighted by Crippen LogP contribution is 2.57. The molecule has 0 unspecified atom stereocenters. The van der Waals surface area contributed by atoms with Gasteiger partial charge in [-0.1, -0.05) is 58.0 Å². The number of azo groups is 2. The molecule has 0 spiro atoms. The summed E-state index contributed by atoms with van der Waals surface area (Å²) in [4.78, 5) is 12.8. The number of halogens is 8. The van der Waals surface area contributed by atoms with E-state index in [1.54, 1.807) is 36.4 Å². The first kappa shape index (κ1) is 50.6. The Hall–Kier alpha value is -6.74. The molecule has 2 aromatic heterocycles. The lowest BCUT2D eigenvalue weighted by molar-refractivity contribution is -0.288. The van der Waals surface area contributed by atoms with Crippen LogP contribution in [0.15, 0.2) is 142 Å². The van der Waals surface area contributed by atoms with Gasteiger partial charge in [-0.3, -0.25) is 0 Å². The van der Waals surface area contributed by atoms with Crippen molar-refractivity contribution < 1.29 is 35.8 Å². The summed E-state index contributed by atoms with van der Waals surface area (Å²) in [5, 5.41) is 19.2. The quantitative estimate of drug-likeness (QED) is 0.0489. The van der Waals surface area contributed by atoms with Crippen molar-refractivity contribution in [1.29, 1.82) is 0 Å². The molecule has 0 saturated carbocycles. The van der Waals surface area contributed by atoms with Crippen molar-refractivity contribution in [2.24, 2.45) is 20.5 Å². The van der Waals surface area contributed by atoms with Crippen LogP contribution in [0.5, 0.6) is 11.5 Å². The highest BCUT2D eigenvalue weighted by Gasteiger charge is 2.72. The van der Waals surface area contributed by atoms with Gasteiger partial charge in [0.2, 0.25) is 15.7 Å². The topological polar surface area (TPSA) is 152 Å². The molecule has 2 heterocycles. The molecule has 8 aromatic rings. The average Bonchev–Trinajstić information content (AvgIpc) is 3.94. The van der Waals surface area contributed by atoms with Crippen LogP contribution in [-0.2, 0) is 5.41 Å². The molecular formula is C49H42Cl2F6N10O2S2. The van der Waals surface area contributed by atoms with Gasteiger partial charge in [0, 0.05) is 34.5 Å². The minimum absolute atomic E-state index is 0.000591. The zero-order valence-electron chi connectivity index (χ0n) is 37.7. The normalized spacial score (nSPS) is 12.4. The minimum Gasteiger partial charge on any atom is -0.490 e. The van der Waals surface area contributed by atoms with E-state index in [1.807, 2.05) is 72.2 Å². The summed E-state index contributed by atoms with van der Waals surface area (Å²) < 4.78 is 104. The number of anilines is 4. The molecule has 0 radical (unpaired) electrons. The number of ether oxygens (including phenoxy) is 2. The predicted molar refractivity (Wildman–Crippen MR) is 272 cm³/mol. The standard InChI is InChI=1S/C49H42Cl2F6N10O2S2/c1-3-66(35-13-9-33(10-14-35)62-64-45-60-39-17-7-31(50)27-43(39)70-45)21-23-68-41-19-5-29(25-37(41)58)47(48(52,53)54,49(55,56)57)30-6-20-42(38(59)26-30)69-24-22-67(4-2)36-15-11-34(12-16-36)63-65-46-61-40-18-8-32(51)28-44(40)71-46/h5-20,25-28H,3-4,21-24,58-59H2,1-2H3. The monoisotopic (exact) mass is 1050 g/mol. The Morgan fingerprint density at radius 2 is 0.930 bits per heavy atom. The molecule has 4 N–H and O–H groups in total. The Labute approximate surface area is 421 Å². The van der Waals surface area contributed by atoms with E-state index >= 15 is 26.3 Å². The lowest BCUT2D eigenvalue weighted by Crippen LogP contribution is -2.54. The summed E-state index contributed by atoms with van der Waals surface area (Å²) in [5.41, 5.74) is 8.90. The van der Waals surface area contributed by atoms with Crippen LogP contribution in [0, 0.1) is 0 Å². The van der Waals surface area contributed by atoms with Gasteiger partial charge in [0.1, 0.15) is 24.7 Å². The molecule has 22 heteroatoms. The molecular weight excluding hydrogens is 1010 g/mol. The lowest BCUT2D eigenvalue weighted by atomic mass is 9.72. The predicted octanol–water partition coefficient (Wildman–Crippen LogP) is 15.4. The summed E-state index contributed by atoms with van der Waals surface area (Å²) in [6.45, 7) is 5.53. The fraction of sp³-hybridized carbons (Fsp3) is 0.224. The van der Waals surface area contributed by atoms with Crippen LogP contribution in [0.2, 0.25) is 10.0 Å². The summed E-state index contributed by atoms with van der Waals surface area (Å²) in [6, 6.07) is 29.9. The van der Waals surface area contributed by atoms with E-state index in [2.05, 4.69) is 30.4 Å². The number of nitrogen functional groups attached to an aromatic ring is 2. The van der Waals surface area contributed by atoms with E-state index in [4.69, 9.17) is 44.1 Å². The zero-order valence-corrected chi connectivity index (χ0v) is 40.8. The lowest BCUT2D eigenvalue weighted by Gasteiger charge is -2.38. The van der Waals surface area contributed by atoms with Crippen LogP contribution in [0.3, 0.4) is 0 Å². The van der Waals surface area contributed by atoms with Gasteiger partial charge < -0.3 is 30.7 Å². The highest BCUT2D eigenvalue weighted by molar-refractivity contribution is 7.22. The van der Waals surface area contributed by atoms with Gasteiger partial charge in [-0.2, -0.15) is 26.3 Å². The molecule has 0 atom stereocenters. The second-order valence-electron chi connectivity index (χ2n) is 15.8. The third-order valence-corrected chi connectivity index (χ3v) is 13.6. The molecule has 0 bridgehead atoms. The first-order valence-electron chi connectivity index (χ1n) is 21.8. The van der Waals surface area contributed by atoms with Crippen LogP contribution >= 0.6 is 45.9 Å². The van der Waals surface area contributed by atoms with E-state index in [9.17, 15) is 0 Å². The average molecular weight is 1050 g/mol. The number of alkyl halides is 6. The number of nitrogens with zero attached hydrogens (tertiary/aromatic N) is 8. The number of nitrogens with two attached hydrogens (primary N) is 2. The maximum atomic E-state index is 15.2. The summed E-state index contributed by atoms with van der Waals surface area (Å²) in [5.74, 6) is -0.178. The third kappa shape index (κ3) is 11.3. The fourth-order valence-corrected chi connectivity index (χ4v) is 9.93. The Bertz CT molecular complexity index is 2990. The van der Waals surface area contributed by atoms with Gasteiger partial charge in [0.05, 0.1) is 56.3 Å². The first-order chi connectivity index (χ1) is 33.9. The number of fused-ring (bicyclic) bond motifs is 2. The van der Waals surface area contributed by atoms with E-state index in [-0.39, 0.29) is 24.7 Å². The van der Waals surface area contributed by atoms with E-state index in [0.717, 1.165) is 56.1 Å². The van der Waals surface area contributed by atoms with Crippen molar-refractivity contribution in [3.63, 3.8) is 0 Å². The van der Waals surface area contributed by atoms with Crippen LogP contribution in [0.25, 0.3) is 20.4 Å². The van der Waals surface area contributed by atoms with Crippen LogP contribution in [0.4, 0.5) is 70.7 Å². The molecule has 0 aliphatic heterocycles. The smallest absolute Gasteiger partial charge is 0.411 e. The van der Waals surface area contributed by atoms with E-state index < -0.39 is 40.3 Å². The van der Waals surface area contributed by atoms with Gasteiger partial charge >= 0.3 is 12.4 Å². The van der Waals surface area contributed by atoms with Crippen molar-refractivity contribution in [3.8, 4) is 11.5 Å². The summed E-state index contributed by atoms with van der Waals surface area (Å²) in [7, 11) is 0. The Balaban J connectivity index is 0.898. The molecule has 0 aliphatic carbocycles. The second-order valence-corrected chi connectivity index (χ2v) is 18.6. The van der Waals surface area contributed by atoms with E-state index in [0.29, 0.717) is 70.0 Å². The molecule has 0 saturated heterocycles. The second kappa shape index (κ2) is 21.3. The number of hydrogen-bond donors (Lipinski definition) is 2. The maximum Gasteiger partial charge on any atom is 0.411 e. The number of hydrogen-bond acceptors (Lipinski definition) is 14. The molecule has 6 aromatic carbocycles. The van der Waals surface area contributed by atoms with Crippen molar-refractivity contribution in [2.75, 3.05) is 60.7 Å². The Kier molecular flexibility index (Phi) is 15.2. The van der Waals surface area contributed by atoms with Gasteiger partial charge in [0.25, 0.3) is 0 Å². The molecule has 0 amide bonds. The van der Waals surface area contributed by atoms with Crippen molar-refractivity contribution in [1.82, 2.24) is 9.97 Å².